The first-order valence-electron chi connectivity index (χ1n) is 4.96. The number of unbranched alkanes of at least 4 members (excludes halogenated alkanes) is 1. The summed E-state index contributed by atoms with van der Waals surface area (Å²) in [5, 5.41) is 8.92. The molecular formula is C10H23NO. The van der Waals surface area contributed by atoms with E-state index in [1.54, 1.807) is 0 Å². The standard InChI is InChI=1S/C10H23NO/c1-4-10(9-12)7-5-6-8-11(2)3/h10,12H,4-9H2,1-3H3. The van der Waals surface area contributed by atoms with Crippen LogP contribution in [0.3, 0.4) is 0 Å². The minimum Gasteiger partial charge on any atom is -0.396 e. The van der Waals surface area contributed by atoms with Crippen molar-refractivity contribution in [2.75, 3.05) is 27.2 Å². The van der Waals surface area contributed by atoms with Crippen molar-refractivity contribution < 1.29 is 5.11 Å². The average Bonchev–Trinajstić information content (AvgIpc) is 2.04. The van der Waals surface area contributed by atoms with Crippen molar-refractivity contribution in [1.29, 1.82) is 0 Å². The van der Waals surface area contributed by atoms with Crippen LogP contribution in [0.25, 0.3) is 0 Å². The van der Waals surface area contributed by atoms with Crippen LogP contribution >= 0.6 is 0 Å². The van der Waals surface area contributed by atoms with Crippen LogP contribution in [0.15, 0.2) is 0 Å². The van der Waals surface area contributed by atoms with Gasteiger partial charge in [0.25, 0.3) is 0 Å². The second-order valence-electron chi connectivity index (χ2n) is 3.76. The Morgan fingerprint density at radius 1 is 1.25 bits per heavy atom. The van der Waals surface area contributed by atoms with E-state index in [0.717, 1.165) is 6.42 Å². The number of aliphatic hydroxyl groups excluding tert-OH is 1. The van der Waals surface area contributed by atoms with Gasteiger partial charge in [-0.05, 0) is 39.4 Å². The van der Waals surface area contributed by atoms with Gasteiger partial charge >= 0.3 is 0 Å². The highest BCUT2D eigenvalue weighted by Crippen LogP contribution is 2.11. The van der Waals surface area contributed by atoms with Crippen molar-refractivity contribution in [3.63, 3.8) is 0 Å². The van der Waals surface area contributed by atoms with Crippen molar-refractivity contribution >= 4 is 0 Å². The highest BCUT2D eigenvalue weighted by atomic mass is 16.3. The lowest BCUT2D eigenvalue weighted by Crippen LogP contribution is -2.13. The highest BCUT2D eigenvalue weighted by Gasteiger charge is 2.03. The van der Waals surface area contributed by atoms with Crippen LogP contribution in [0, 0.1) is 5.92 Å². The van der Waals surface area contributed by atoms with Gasteiger partial charge in [0.15, 0.2) is 0 Å². The fraction of sp³-hybridized carbons (Fsp3) is 1.00. The summed E-state index contributed by atoms with van der Waals surface area (Å²) in [5.41, 5.74) is 0. The zero-order chi connectivity index (χ0) is 9.40. The maximum absolute atomic E-state index is 8.92. The Kier molecular flexibility index (Phi) is 7.51. The van der Waals surface area contributed by atoms with E-state index in [2.05, 4.69) is 25.9 Å². The minimum absolute atomic E-state index is 0.360. The van der Waals surface area contributed by atoms with Crippen LogP contribution in [0.5, 0.6) is 0 Å². The van der Waals surface area contributed by atoms with E-state index in [-0.39, 0.29) is 0 Å². The molecule has 0 aromatic rings. The third-order valence-electron chi connectivity index (χ3n) is 2.30. The molecule has 0 aromatic heterocycles. The van der Waals surface area contributed by atoms with Gasteiger partial charge in [0.2, 0.25) is 0 Å². The van der Waals surface area contributed by atoms with E-state index in [4.69, 9.17) is 5.11 Å². The van der Waals surface area contributed by atoms with E-state index in [9.17, 15) is 0 Å². The predicted octanol–water partition coefficient (Wildman–Crippen LogP) is 1.74. The molecule has 2 heteroatoms. The number of hydrogen-bond acceptors (Lipinski definition) is 2. The molecule has 0 fully saturated rings. The quantitative estimate of drug-likeness (QED) is 0.593. The van der Waals surface area contributed by atoms with Gasteiger partial charge in [-0.1, -0.05) is 19.8 Å². The summed E-state index contributed by atoms with van der Waals surface area (Å²) in [7, 11) is 4.20. The summed E-state index contributed by atoms with van der Waals surface area (Å²) < 4.78 is 0. The SMILES string of the molecule is CCC(CO)CCCCN(C)C. The van der Waals surface area contributed by atoms with Gasteiger partial charge in [-0.25, -0.2) is 0 Å². The summed E-state index contributed by atoms with van der Waals surface area (Å²) in [6, 6.07) is 0. The van der Waals surface area contributed by atoms with Crippen LogP contribution in [0.4, 0.5) is 0 Å². The third-order valence-corrected chi connectivity index (χ3v) is 2.30. The fourth-order valence-electron chi connectivity index (χ4n) is 1.29. The molecule has 0 saturated carbocycles. The van der Waals surface area contributed by atoms with Crippen molar-refractivity contribution in [3.8, 4) is 0 Å². The molecule has 74 valence electrons. The van der Waals surface area contributed by atoms with Crippen molar-refractivity contribution in [1.82, 2.24) is 4.90 Å². The maximum Gasteiger partial charge on any atom is 0.0459 e. The molecule has 0 aliphatic carbocycles. The Hall–Kier alpha value is -0.0800. The maximum atomic E-state index is 8.92. The molecule has 0 amide bonds. The molecule has 0 spiro atoms. The zero-order valence-electron chi connectivity index (χ0n) is 8.71. The van der Waals surface area contributed by atoms with E-state index in [1.165, 1.54) is 25.8 Å². The van der Waals surface area contributed by atoms with E-state index in [0.29, 0.717) is 12.5 Å². The van der Waals surface area contributed by atoms with Crippen LogP contribution in [-0.4, -0.2) is 37.3 Å². The number of nitrogens with zero attached hydrogens (tertiary/aromatic N) is 1. The Morgan fingerprint density at radius 2 is 1.92 bits per heavy atom. The molecule has 0 saturated heterocycles. The molecule has 0 aliphatic rings. The largest absolute Gasteiger partial charge is 0.396 e. The second-order valence-corrected chi connectivity index (χ2v) is 3.76. The smallest absolute Gasteiger partial charge is 0.0459 e. The summed E-state index contributed by atoms with van der Waals surface area (Å²) in [6.07, 6.45) is 4.79. The first kappa shape index (κ1) is 11.9. The van der Waals surface area contributed by atoms with Gasteiger partial charge in [0.05, 0.1) is 0 Å². The molecule has 0 aliphatic heterocycles. The first-order valence-corrected chi connectivity index (χ1v) is 4.96. The predicted molar refractivity (Wildman–Crippen MR) is 53.3 cm³/mol. The van der Waals surface area contributed by atoms with Crippen LogP contribution < -0.4 is 0 Å². The molecule has 1 unspecified atom stereocenters. The lowest BCUT2D eigenvalue weighted by Gasteiger charge is -2.12. The van der Waals surface area contributed by atoms with Crippen molar-refractivity contribution in [3.05, 3.63) is 0 Å². The van der Waals surface area contributed by atoms with E-state index in [1.807, 2.05) is 0 Å². The van der Waals surface area contributed by atoms with Gasteiger partial charge in [-0.2, -0.15) is 0 Å². The Morgan fingerprint density at radius 3 is 2.33 bits per heavy atom. The number of hydrogen-bond donors (Lipinski definition) is 1. The molecule has 1 atom stereocenters. The zero-order valence-corrected chi connectivity index (χ0v) is 8.71. The van der Waals surface area contributed by atoms with Crippen LogP contribution in [-0.2, 0) is 0 Å². The minimum atomic E-state index is 0.360. The molecule has 12 heavy (non-hydrogen) atoms. The van der Waals surface area contributed by atoms with Gasteiger partial charge in [-0.15, -0.1) is 0 Å². The topological polar surface area (TPSA) is 23.5 Å². The van der Waals surface area contributed by atoms with Crippen LogP contribution in [0.1, 0.15) is 32.6 Å². The molecule has 0 bridgehead atoms. The monoisotopic (exact) mass is 173 g/mol. The molecule has 0 aromatic carbocycles. The van der Waals surface area contributed by atoms with Gasteiger partial charge in [0.1, 0.15) is 0 Å². The van der Waals surface area contributed by atoms with Gasteiger partial charge < -0.3 is 10.0 Å². The van der Waals surface area contributed by atoms with E-state index < -0.39 is 0 Å². The Labute approximate surface area is 76.6 Å². The fourth-order valence-corrected chi connectivity index (χ4v) is 1.29. The first-order chi connectivity index (χ1) is 5.70. The molecule has 0 heterocycles. The van der Waals surface area contributed by atoms with Crippen molar-refractivity contribution in [2.24, 2.45) is 5.92 Å². The molecule has 1 N–H and O–H groups in total. The molecule has 2 nitrogen and oxygen atoms in total. The molecule has 0 rings (SSSR count). The lowest BCUT2D eigenvalue weighted by atomic mass is 10.0. The number of aliphatic hydroxyl groups is 1. The van der Waals surface area contributed by atoms with Gasteiger partial charge in [0, 0.05) is 6.61 Å². The lowest BCUT2D eigenvalue weighted by molar-refractivity contribution is 0.210. The second kappa shape index (κ2) is 7.56. The summed E-state index contributed by atoms with van der Waals surface area (Å²) >= 11 is 0. The highest BCUT2D eigenvalue weighted by molar-refractivity contribution is 4.56. The third kappa shape index (κ3) is 6.62. The Bertz CT molecular complexity index is 89.8. The molecule has 0 radical (unpaired) electrons. The number of rotatable bonds is 7. The van der Waals surface area contributed by atoms with Gasteiger partial charge in [-0.3, -0.25) is 0 Å². The Balaban J connectivity index is 3.17. The van der Waals surface area contributed by atoms with Crippen molar-refractivity contribution in [2.45, 2.75) is 32.6 Å². The van der Waals surface area contributed by atoms with Crippen LogP contribution in [0.2, 0.25) is 0 Å². The normalized spacial score (nSPS) is 13.8. The summed E-state index contributed by atoms with van der Waals surface area (Å²) in [5.74, 6) is 0.534. The summed E-state index contributed by atoms with van der Waals surface area (Å²) in [6.45, 7) is 3.67. The average molecular weight is 173 g/mol. The molecular weight excluding hydrogens is 150 g/mol. The van der Waals surface area contributed by atoms with E-state index >= 15 is 0 Å². The summed E-state index contributed by atoms with van der Waals surface area (Å²) in [4.78, 5) is 2.21.